The molecule has 0 radical (unpaired) electrons. The predicted octanol–water partition coefficient (Wildman–Crippen LogP) is 2.63. The van der Waals surface area contributed by atoms with Crippen molar-refractivity contribution in [3.8, 4) is 0 Å². The van der Waals surface area contributed by atoms with E-state index in [9.17, 15) is 18.4 Å². The molecule has 0 unspecified atom stereocenters. The first kappa shape index (κ1) is 20.6. The Morgan fingerprint density at radius 1 is 1.08 bits per heavy atom. The van der Waals surface area contributed by atoms with Crippen LogP contribution in [0.4, 0.5) is 8.78 Å². The average Bonchev–Trinajstić information content (AvgIpc) is 2.63. The van der Waals surface area contributed by atoms with Crippen LogP contribution in [0, 0.1) is 0 Å². The second-order valence-electron chi connectivity index (χ2n) is 6.04. The molecule has 144 valence electrons. The molecule has 0 saturated carbocycles. The number of halogens is 2. The lowest BCUT2D eigenvalue weighted by molar-refractivity contribution is -0.132. The molecule has 2 rings (SSSR count). The highest BCUT2D eigenvalue weighted by atomic mass is 32.2. The maximum atomic E-state index is 12.5. The van der Waals surface area contributed by atoms with Gasteiger partial charge in [-0.05, 0) is 38.1 Å². The van der Waals surface area contributed by atoms with E-state index in [2.05, 4.69) is 4.90 Å². The van der Waals surface area contributed by atoms with E-state index in [1.807, 2.05) is 13.8 Å². The minimum absolute atomic E-state index is 0.103. The van der Waals surface area contributed by atoms with Crippen molar-refractivity contribution in [2.75, 3.05) is 45.8 Å². The molecule has 1 aliphatic rings. The minimum Gasteiger partial charge on any atom is -0.342 e. The van der Waals surface area contributed by atoms with Crippen LogP contribution < -0.4 is 0 Å². The van der Waals surface area contributed by atoms with Crippen LogP contribution in [0.5, 0.6) is 0 Å². The fourth-order valence-electron chi connectivity index (χ4n) is 2.94. The highest BCUT2D eigenvalue weighted by Gasteiger charge is 2.24. The second-order valence-corrected chi connectivity index (χ2v) is 7.10. The number of hydrogen-bond acceptors (Lipinski definition) is 4. The standard InChI is InChI=1S/C18H25F2N3O2S/c1-3-22(4-2)16(24)13-21-9-11-23(12-10-21)17(25)14-5-7-15(8-6-14)26-18(19)20/h5-8,18H,3-4,9-13H2,1-2H3. The third-order valence-electron chi connectivity index (χ3n) is 4.46. The number of thioether (sulfide) groups is 1. The van der Waals surface area contributed by atoms with Gasteiger partial charge in [0, 0.05) is 49.7 Å². The van der Waals surface area contributed by atoms with Crippen molar-refractivity contribution < 1.29 is 18.4 Å². The summed E-state index contributed by atoms with van der Waals surface area (Å²) in [5.74, 6) is -2.46. The lowest BCUT2D eigenvalue weighted by Gasteiger charge is -2.35. The third kappa shape index (κ3) is 5.67. The Hall–Kier alpha value is -1.67. The minimum atomic E-state index is -2.47. The molecule has 8 heteroatoms. The molecule has 0 bridgehead atoms. The van der Waals surface area contributed by atoms with Crippen molar-refractivity contribution in [1.82, 2.24) is 14.7 Å². The fourth-order valence-corrected chi connectivity index (χ4v) is 3.44. The molecule has 0 spiro atoms. The zero-order chi connectivity index (χ0) is 19.1. The molecule has 0 aliphatic carbocycles. The zero-order valence-corrected chi connectivity index (χ0v) is 16.0. The normalized spacial score (nSPS) is 15.3. The predicted molar refractivity (Wildman–Crippen MR) is 98.6 cm³/mol. The van der Waals surface area contributed by atoms with Gasteiger partial charge in [-0.3, -0.25) is 14.5 Å². The van der Waals surface area contributed by atoms with E-state index < -0.39 is 5.76 Å². The Bertz CT molecular complexity index is 601. The molecule has 0 aromatic heterocycles. The van der Waals surface area contributed by atoms with E-state index in [-0.39, 0.29) is 11.8 Å². The molecule has 1 aliphatic heterocycles. The van der Waals surface area contributed by atoms with E-state index in [0.717, 1.165) is 0 Å². The van der Waals surface area contributed by atoms with Gasteiger partial charge in [-0.2, -0.15) is 8.78 Å². The lowest BCUT2D eigenvalue weighted by atomic mass is 10.2. The van der Waals surface area contributed by atoms with E-state index >= 15 is 0 Å². The molecule has 2 amide bonds. The maximum Gasteiger partial charge on any atom is 0.288 e. The highest BCUT2D eigenvalue weighted by Crippen LogP contribution is 2.25. The number of carbonyl (C=O) groups is 2. The van der Waals surface area contributed by atoms with E-state index in [1.165, 1.54) is 0 Å². The summed E-state index contributed by atoms with van der Waals surface area (Å²) in [4.78, 5) is 30.8. The summed E-state index contributed by atoms with van der Waals surface area (Å²) in [6, 6.07) is 6.26. The Labute approximate surface area is 157 Å². The van der Waals surface area contributed by atoms with Crippen LogP contribution in [-0.2, 0) is 4.79 Å². The summed E-state index contributed by atoms with van der Waals surface area (Å²) < 4.78 is 24.7. The van der Waals surface area contributed by atoms with Gasteiger partial charge in [0.05, 0.1) is 6.54 Å². The first-order chi connectivity index (χ1) is 12.4. The molecule has 26 heavy (non-hydrogen) atoms. The van der Waals surface area contributed by atoms with E-state index in [4.69, 9.17) is 0 Å². The van der Waals surface area contributed by atoms with Gasteiger partial charge in [-0.1, -0.05) is 11.8 Å². The number of likely N-dealkylation sites (N-methyl/N-ethyl adjacent to an activating group) is 1. The molecule has 1 saturated heterocycles. The van der Waals surface area contributed by atoms with Crippen LogP contribution in [-0.4, -0.2) is 78.1 Å². The molecule has 0 atom stereocenters. The average molecular weight is 385 g/mol. The number of amides is 2. The molecule has 1 fully saturated rings. The Balaban J connectivity index is 1.85. The van der Waals surface area contributed by atoms with Gasteiger partial charge in [0.25, 0.3) is 11.7 Å². The quantitative estimate of drug-likeness (QED) is 0.677. The van der Waals surface area contributed by atoms with Crippen LogP contribution in [0.3, 0.4) is 0 Å². The topological polar surface area (TPSA) is 43.9 Å². The highest BCUT2D eigenvalue weighted by molar-refractivity contribution is 7.99. The summed E-state index contributed by atoms with van der Waals surface area (Å²) in [6.07, 6.45) is 0. The number of benzene rings is 1. The zero-order valence-electron chi connectivity index (χ0n) is 15.2. The Morgan fingerprint density at radius 3 is 2.15 bits per heavy atom. The molecule has 1 heterocycles. The van der Waals surface area contributed by atoms with E-state index in [0.29, 0.717) is 68.0 Å². The lowest BCUT2D eigenvalue weighted by Crippen LogP contribution is -2.51. The molecule has 1 aromatic carbocycles. The van der Waals surface area contributed by atoms with Crippen LogP contribution in [0.1, 0.15) is 24.2 Å². The fraction of sp³-hybridized carbons (Fsp3) is 0.556. The van der Waals surface area contributed by atoms with Crippen LogP contribution in [0.15, 0.2) is 29.2 Å². The smallest absolute Gasteiger partial charge is 0.288 e. The van der Waals surface area contributed by atoms with Gasteiger partial charge in [-0.25, -0.2) is 0 Å². The summed E-state index contributed by atoms with van der Waals surface area (Å²) in [7, 11) is 0. The number of hydrogen-bond donors (Lipinski definition) is 0. The SMILES string of the molecule is CCN(CC)C(=O)CN1CCN(C(=O)c2ccc(SC(F)F)cc2)CC1. The van der Waals surface area contributed by atoms with Crippen molar-refractivity contribution in [2.24, 2.45) is 0 Å². The number of nitrogens with zero attached hydrogens (tertiary/aromatic N) is 3. The number of carbonyl (C=O) groups excluding carboxylic acids is 2. The Morgan fingerprint density at radius 2 is 1.65 bits per heavy atom. The van der Waals surface area contributed by atoms with E-state index in [1.54, 1.807) is 34.1 Å². The molecule has 5 nitrogen and oxygen atoms in total. The summed E-state index contributed by atoms with van der Waals surface area (Å²) in [5.41, 5.74) is 0.497. The van der Waals surface area contributed by atoms with Gasteiger partial charge in [0.1, 0.15) is 0 Å². The molecule has 1 aromatic rings. The number of alkyl halides is 2. The largest absolute Gasteiger partial charge is 0.342 e. The van der Waals surface area contributed by atoms with Crippen molar-refractivity contribution in [2.45, 2.75) is 24.5 Å². The van der Waals surface area contributed by atoms with Crippen molar-refractivity contribution in [3.63, 3.8) is 0 Å². The molecular formula is C18H25F2N3O2S. The number of rotatable bonds is 7. The van der Waals surface area contributed by atoms with Crippen molar-refractivity contribution in [1.29, 1.82) is 0 Å². The first-order valence-electron chi connectivity index (χ1n) is 8.78. The van der Waals surface area contributed by atoms with Gasteiger partial charge in [0.15, 0.2) is 0 Å². The monoisotopic (exact) mass is 385 g/mol. The molecular weight excluding hydrogens is 360 g/mol. The second kappa shape index (κ2) is 9.87. The number of piperazine rings is 1. The first-order valence-corrected chi connectivity index (χ1v) is 9.66. The van der Waals surface area contributed by atoms with Crippen LogP contribution >= 0.6 is 11.8 Å². The summed E-state index contributed by atoms with van der Waals surface area (Å²) in [5, 5.41) is 0. The van der Waals surface area contributed by atoms with Gasteiger partial charge in [-0.15, -0.1) is 0 Å². The summed E-state index contributed by atoms with van der Waals surface area (Å²) >= 11 is 0.465. The molecule has 0 N–H and O–H groups in total. The van der Waals surface area contributed by atoms with Gasteiger partial charge >= 0.3 is 0 Å². The maximum absolute atomic E-state index is 12.5. The van der Waals surface area contributed by atoms with Crippen molar-refractivity contribution in [3.05, 3.63) is 29.8 Å². The Kier molecular flexibility index (Phi) is 7.84. The van der Waals surface area contributed by atoms with Crippen molar-refractivity contribution >= 4 is 23.6 Å². The summed E-state index contributed by atoms with van der Waals surface area (Å²) in [6.45, 7) is 8.11. The third-order valence-corrected chi connectivity index (χ3v) is 5.18. The van der Waals surface area contributed by atoms with Crippen LogP contribution in [0.2, 0.25) is 0 Å². The van der Waals surface area contributed by atoms with Gasteiger partial charge < -0.3 is 9.80 Å². The van der Waals surface area contributed by atoms with Crippen LogP contribution in [0.25, 0.3) is 0 Å². The van der Waals surface area contributed by atoms with Gasteiger partial charge in [0.2, 0.25) is 5.91 Å².